The lowest BCUT2D eigenvalue weighted by atomic mass is 9.91. The highest BCUT2D eigenvalue weighted by Gasteiger charge is 2.20. The van der Waals surface area contributed by atoms with E-state index >= 15 is 0 Å². The van der Waals surface area contributed by atoms with Gasteiger partial charge in [0.25, 0.3) is 0 Å². The van der Waals surface area contributed by atoms with Gasteiger partial charge in [-0.2, -0.15) is 0 Å². The Hall–Kier alpha value is -1.78. The van der Waals surface area contributed by atoms with Crippen molar-refractivity contribution in [3.8, 4) is 11.5 Å². The summed E-state index contributed by atoms with van der Waals surface area (Å²) >= 11 is 0. The minimum atomic E-state index is -0.455. The van der Waals surface area contributed by atoms with Gasteiger partial charge in [0, 0.05) is 12.1 Å². The molecule has 1 heterocycles. The number of alkyl halides is 1. The Morgan fingerprint density at radius 3 is 1.96 bits per heavy atom. The Labute approximate surface area is 173 Å². The van der Waals surface area contributed by atoms with Crippen molar-refractivity contribution in [2.24, 2.45) is 0 Å². The van der Waals surface area contributed by atoms with Crippen LogP contribution in [0, 0.1) is 0 Å². The fourth-order valence-corrected chi connectivity index (χ4v) is 3.82. The summed E-state index contributed by atoms with van der Waals surface area (Å²) in [5.74, 6) is 1.07. The molecule has 154 valence electrons. The molecule has 1 fully saturated rings. The van der Waals surface area contributed by atoms with E-state index in [1.54, 1.807) is 12.1 Å². The molecule has 0 amide bonds. The number of piperidine rings is 1. The predicted molar refractivity (Wildman–Crippen MR) is 114 cm³/mol. The zero-order valence-electron chi connectivity index (χ0n) is 16.3. The molecule has 5 heteroatoms. The van der Waals surface area contributed by atoms with Crippen molar-refractivity contribution < 1.29 is 14.2 Å². The number of halogens is 2. The third-order valence-corrected chi connectivity index (χ3v) is 5.35. The van der Waals surface area contributed by atoms with Crippen LogP contribution in [0.3, 0.4) is 0 Å². The second-order valence-corrected chi connectivity index (χ2v) is 7.42. The SMILES string of the molecule is Cl.Oc1ccc(CC[C@H]2CCC[C@@H](CCc3ccc(OCCF)cc3)N2)cc1. The molecule has 0 aromatic heterocycles. The van der Waals surface area contributed by atoms with E-state index in [4.69, 9.17) is 4.74 Å². The maximum atomic E-state index is 12.1. The molecule has 0 unspecified atom stereocenters. The minimum Gasteiger partial charge on any atom is -0.508 e. The number of rotatable bonds is 9. The summed E-state index contributed by atoms with van der Waals surface area (Å²) in [4.78, 5) is 0. The first-order valence-electron chi connectivity index (χ1n) is 10.0. The van der Waals surface area contributed by atoms with Gasteiger partial charge in [0.2, 0.25) is 0 Å². The fourth-order valence-electron chi connectivity index (χ4n) is 3.82. The van der Waals surface area contributed by atoms with E-state index in [0.717, 1.165) is 31.4 Å². The maximum Gasteiger partial charge on any atom is 0.123 e. The third-order valence-electron chi connectivity index (χ3n) is 5.35. The van der Waals surface area contributed by atoms with Crippen LogP contribution in [-0.2, 0) is 12.8 Å². The molecular weight excluding hydrogens is 377 g/mol. The van der Waals surface area contributed by atoms with Crippen molar-refractivity contribution >= 4 is 12.4 Å². The Kier molecular flexibility index (Phi) is 9.59. The van der Waals surface area contributed by atoms with E-state index < -0.39 is 6.67 Å². The van der Waals surface area contributed by atoms with E-state index in [2.05, 4.69) is 17.4 Å². The Morgan fingerprint density at radius 2 is 1.43 bits per heavy atom. The first-order chi connectivity index (χ1) is 13.2. The zero-order valence-corrected chi connectivity index (χ0v) is 17.1. The molecule has 28 heavy (non-hydrogen) atoms. The Bertz CT molecular complexity index is 678. The van der Waals surface area contributed by atoms with Gasteiger partial charge < -0.3 is 15.2 Å². The summed E-state index contributed by atoms with van der Waals surface area (Å²) in [6, 6.07) is 16.7. The summed E-state index contributed by atoms with van der Waals surface area (Å²) in [6.45, 7) is -0.333. The van der Waals surface area contributed by atoms with Crippen LogP contribution in [0.2, 0.25) is 0 Å². The predicted octanol–water partition coefficient (Wildman–Crippen LogP) is 5.24. The summed E-state index contributed by atoms with van der Waals surface area (Å²) in [5.41, 5.74) is 2.59. The van der Waals surface area contributed by atoms with Crippen molar-refractivity contribution in [3.05, 3.63) is 59.7 Å². The molecule has 2 atom stereocenters. The summed E-state index contributed by atoms with van der Waals surface area (Å²) in [5, 5.41) is 13.2. The number of ether oxygens (including phenoxy) is 1. The topological polar surface area (TPSA) is 41.5 Å². The lowest BCUT2D eigenvalue weighted by Gasteiger charge is -2.31. The molecular formula is C23H31ClFNO2. The van der Waals surface area contributed by atoms with E-state index in [9.17, 15) is 9.50 Å². The first-order valence-corrected chi connectivity index (χ1v) is 10.0. The molecule has 0 radical (unpaired) electrons. The highest BCUT2D eigenvalue weighted by atomic mass is 35.5. The molecule has 1 saturated heterocycles. The molecule has 3 nitrogen and oxygen atoms in total. The second kappa shape index (κ2) is 11.9. The van der Waals surface area contributed by atoms with Crippen molar-refractivity contribution in [3.63, 3.8) is 0 Å². The van der Waals surface area contributed by atoms with Crippen LogP contribution in [0.1, 0.15) is 43.2 Å². The van der Waals surface area contributed by atoms with E-state index in [-0.39, 0.29) is 19.0 Å². The highest BCUT2D eigenvalue weighted by molar-refractivity contribution is 5.85. The van der Waals surface area contributed by atoms with Crippen molar-refractivity contribution in [1.29, 1.82) is 0 Å². The first kappa shape index (κ1) is 22.5. The van der Waals surface area contributed by atoms with Gasteiger partial charge in [-0.1, -0.05) is 30.7 Å². The Morgan fingerprint density at radius 1 is 0.893 bits per heavy atom. The standard InChI is InChI=1S/C23H30FNO2.ClH/c24-16-17-27-23-14-8-19(9-15-23)5-11-21-3-1-2-20(25-21)10-4-18-6-12-22(26)13-7-18;/h6-9,12-15,20-21,25-26H,1-5,10-11,16-17H2;1H/t20-,21+;/m1./s1. The molecule has 1 aliphatic heterocycles. The average Bonchev–Trinajstić information content (AvgIpc) is 2.71. The summed E-state index contributed by atoms with van der Waals surface area (Å²) in [6.07, 6.45) is 8.15. The molecule has 2 aromatic carbocycles. The van der Waals surface area contributed by atoms with Gasteiger partial charge in [-0.15, -0.1) is 12.4 Å². The van der Waals surface area contributed by atoms with Gasteiger partial charge in [-0.05, 0) is 73.9 Å². The maximum absolute atomic E-state index is 12.1. The van der Waals surface area contributed by atoms with Crippen molar-refractivity contribution in [2.75, 3.05) is 13.3 Å². The number of hydrogen-bond donors (Lipinski definition) is 2. The number of aromatic hydroxyl groups is 1. The van der Waals surface area contributed by atoms with Crippen LogP contribution in [-0.4, -0.2) is 30.5 Å². The fraction of sp³-hybridized carbons (Fsp3) is 0.478. The van der Waals surface area contributed by atoms with E-state index in [0.29, 0.717) is 17.8 Å². The van der Waals surface area contributed by atoms with Crippen molar-refractivity contribution in [1.82, 2.24) is 5.32 Å². The number of phenols is 1. The van der Waals surface area contributed by atoms with Gasteiger partial charge in [0.15, 0.2) is 0 Å². The molecule has 3 rings (SSSR count). The molecule has 0 saturated carbocycles. The molecule has 0 aliphatic carbocycles. The molecule has 1 aliphatic rings. The van der Waals surface area contributed by atoms with E-state index in [1.165, 1.54) is 30.4 Å². The number of nitrogens with one attached hydrogen (secondary N) is 1. The molecule has 0 bridgehead atoms. The summed E-state index contributed by atoms with van der Waals surface area (Å²) < 4.78 is 17.4. The number of hydrogen-bond acceptors (Lipinski definition) is 3. The van der Waals surface area contributed by atoms with Gasteiger partial charge in [-0.3, -0.25) is 0 Å². The summed E-state index contributed by atoms with van der Waals surface area (Å²) in [7, 11) is 0. The van der Waals surface area contributed by atoms with Crippen molar-refractivity contribution in [2.45, 2.75) is 57.0 Å². The second-order valence-electron chi connectivity index (χ2n) is 7.42. The third kappa shape index (κ3) is 7.33. The van der Waals surface area contributed by atoms with Gasteiger partial charge >= 0.3 is 0 Å². The molecule has 2 aromatic rings. The number of benzene rings is 2. The normalized spacial score (nSPS) is 19.0. The largest absolute Gasteiger partial charge is 0.508 e. The zero-order chi connectivity index (χ0) is 18.9. The van der Waals surface area contributed by atoms with Gasteiger partial charge in [-0.25, -0.2) is 4.39 Å². The van der Waals surface area contributed by atoms with Gasteiger partial charge in [0.05, 0.1) is 0 Å². The highest BCUT2D eigenvalue weighted by Crippen LogP contribution is 2.21. The van der Waals surface area contributed by atoms with E-state index in [1.807, 2.05) is 24.3 Å². The van der Waals surface area contributed by atoms with Crippen LogP contribution in [0.25, 0.3) is 0 Å². The van der Waals surface area contributed by atoms with Gasteiger partial charge in [0.1, 0.15) is 24.8 Å². The Balaban J connectivity index is 0.00000280. The minimum absolute atomic E-state index is 0. The van der Waals surface area contributed by atoms with Crippen LogP contribution >= 0.6 is 12.4 Å². The molecule has 0 spiro atoms. The quantitative estimate of drug-likeness (QED) is 0.597. The smallest absolute Gasteiger partial charge is 0.123 e. The van der Waals surface area contributed by atoms with Crippen LogP contribution < -0.4 is 10.1 Å². The number of phenolic OH excluding ortho intramolecular Hbond substituents is 1. The lowest BCUT2D eigenvalue weighted by molar-refractivity contribution is 0.273. The van der Waals surface area contributed by atoms with Crippen LogP contribution in [0.5, 0.6) is 11.5 Å². The number of aryl methyl sites for hydroxylation is 2. The monoisotopic (exact) mass is 407 g/mol. The van der Waals surface area contributed by atoms with Crippen LogP contribution in [0.4, 0.5) is 4.39 Å². The average molecular weight is 408 g/mol. The molecule has 2 N–H and O–H groups in total. The lowest BCUT2D eigenvalue weighted by Crippen LogP contribution is -2.42. The van der Waals surface area contributed by atoms with Crippen LogP contribution in [0.15, 0.2) is 48.5 Å².